The maximum Gasteiger partial charge on any atom is 0.321 e. The molecule has 0 saturated carbocycles. The van der Waals surface area contributed by atoms with E-state index in [1.807, 2.05) is 30.3 Å². The second kappa shape index (κ2) is 7.22. The number of aliphatic carboxylic acids is 1. The van der Waals surface area contributed by atoms with Gasteiger partial charge in [0, 0.05) is 6.54 Å². The molecule has 0 aromatic heterocycles. The summed E-state index contributed by atoms with van der Waals surface area (Å²) in [6, 6.07) is 8.19. The molecule has 0 radical (unpaired) electrons. The van der Waals surface area contributed by atoms with E-state index in [4.69, 9.17) is 5.11 Å². The number of carboxylic acids is 1. The normalized spacial score (nSPS) is 13.1. The second-order valence-corrected chi connectivity index (χ2v) is 5.57. The number of rotatable bonds is 8. The van der Waals surface area contributed by atoms with E-state index < -0.39 is 22.2 Å². The van der Waals surface area contributed by atoms with E-state index in [2.05, 4.69) is 9.44 Å². The number of hydrogen-bond donors (Lipinski definition) is 3. The second-order valence-electron chi connectivity index (χ2n) is 4.03. The van der Waals surface area contributed by atoms with Gasteiger partial charge in [-0.25, -0.2) is 4.72 Å². The third-order valence-electron chi connectivity index (χ3n) is 2.49. The standard InChI is InChI=1S/C12H18N2O4S/c1-2-13-19(17,18)14-11(12(15)16)9-8-10-6-4-3-5-7-10/h3-7,11,13-14H,2,8-9H2,1H3,(H,15,16)/t11-/m0/s1. The molecule has 1 aromatic carbocycles. The van der Waals surface area contributed by atoms with Crippen LogP contribution >= 0.6 is 0 Å². The van der Waals surface area contributed by atoms with Crippen LogP contribution in [0.1, 0.15) is 18.9 Å². The summed E-state index contributed by atoms with van der Waals surface area (Å²) in [6.45, 7) is 1.83. The van der Waals surface area contributed by atoms with Crippen LogP contribution < -0.4 is 9.44 Å². The van der Waals surface area contributed by atoms with Gasteiger partial charge >= 0.3 is 5.97 Å². The van der Waals surface area contributed by atoms with Crippen molar-refractivity contribution >= 4 is 16.2 Å². The van der Waals surface area contributed by atoms with Gasteiger partial charge < -0.3 is 5.11 Å². The van der Waals surface area contributed by atoms with Crippen LogP contribution in [0, 0.1) is 0 Å². The third-order valence-corrected chi connectivity index (χ3v) is 3.76. The highest BCUT2D eigenvalue weighted by molar-refractivity contribution is 7.87. The lowest BCUT2D eigenvalue weighted by atomic mass is 10.1. The molecule has 0 saturated heterocycles. The van der Waals surface area contributed by atoms with Crippen LogP contribution in [-0.4, -0.2) is 32.1 Å². The number of benzene rings is 1. The minimum absolute atomic E-state index is 0.198. The van der Waals surface area contributed by atoms with Crippen LogP contribution in [0.3, 0.4) is 0 Å². The molecule has 0 aliphatic carbocycles. The van der Waals surface area contributed by atoms with Crippen LogP contribution in [0.4, 0.5) is 0 Å². The first kappa shape index (κ1) is 15.6. The van der Waals surface area contributed by atoms with Gasteiger partial charge in [0.05, 0.1) is 0 Å². The topological polar surface area (TPSA) is 95.5 Å². The van der Waals surface area contributed by atoms with Crippen molar-refractivity contribution in [1.82, 2.24) is 9.44 Å². The molecule has 7 heteroatoms. The van der Waals surface area contributed by atoms with Gasteiger partial charge in [0.25, 0.3) is 10.2 Å². The molecular weight excluding hydrogens is 268 g/mol. The number of nitrogens with one attached hydrogen (secondary N) is 2. The summed E-state index contributed by atoms with van der Waals surface area (Å²) in [4.78, 5) is 11.0. The molecule has 0 spiro atoms. The Morgan fingerprint density at radius 3 is 2.47 bits per heavy atom. The van der Waals surface area contributed by atoms with E-state index in [0.29, 0.717) is 6.42 Å². The molecule has 0 fully saturated rings. The molecule has 0 heterocycles. The van der Waals surface area contributed by atoms with Crippen molar-refractivity contribution < 1.29 is 18.3 Å². The van der Waals surface area contributed by atoms with Gasteiger partial charge in [-0.05, 0) is 18.4 Å². The van der Waals surface area contributed by atoms with Crippen LogP contribution in [0.5, 0.6) is 0 Å². The molecule has 0 aliphatic heterocycles. The van der Waals surface area contributed by atoms with Gasteiger partial charge in [-0.1, -0.05) is 37.3 Å². The largest absolute Gasteiger partial charge is 0.480 e. The number of carbonyl (C=O) groups is 1. The minimum Gasteiger partial charge on any atom is -0.480 e. The molecule has 6 nitrogen and oxygen atoms in total. The van der Waals surface area contributed by atoms with Crippen molar-refractivity contribution in [1.29, 1.82) is 0 Å². The first-order chi connectivity index (χ1) is 8.94. The van der Waals surface area contributed by atoms with E-state index >= 15 is 0 Å². The lowest BCUT2D eigenvalue weighted by Crippen LogP contribution is -2.46. The van der Waals surface area contributed by atoms with Crippen LogP contribution in [-0.2, 0) is 21.4 Å². The average molecular weight is 286 g/mol. The Balaban J connectivity index is 2.62. The number of hydrogen-bond acceptors (Lipinski definition) is 3. The van der Waals surface area contributed by atoms with Crippen LogP contribution in [0.2, 0.25) is 0 Å². The summed E-state index contributed by atoms with van der Waals surface area (Å²) in [6.07, 6.45) is 0.691. The summed E-state index contributed by atoms with van der Waals surface area (Å²) in [7, 11) is -3.76. The van der Waals surface area contributed by atoms with Crippen LogP contribution in [0.25, 0.3) is 0 Å². The Morgan fingerprint density at radius 1 is 1.32 bits per heavy atom. The smallest absolute Gasteiger partial charge is 0.321 e. The fourth-order valence-electron chi connectivity index (χ4n) is 1.61. The molecule has 19 heavy (non-hydrogen) atoms. The summed E-state index contributed by atoms with van der Waals surface area (Å²) >= 11 is 0. The first-order valence-electron chi connectivity index (χ1n) is 5.98. The Bertz CT molecular complexity index is 502. The van der Waals surface area contributed by atoms with Gasteiger partial charge in [0.1, 0.15) is 6.04 Å². The van der Waals surface area contributed by atoms with Crippen LogP contribution in [0.15, 0.2) is 30.3 Å². The molecule has 106 valence electrons. The molecule has 0 amide bonds. The summed E-state index contributed by atoms with van der Waals surface area (Å²) in [5.41, 5.74) is 0.969. The molecular formula is C12H18N2O4S. The zero-order valence-corrected chi connectivity index (χ0v) is 11.5. The van der Waals surface area contributed by atoms with Crippen molar-refractivity contribution in [2.45, 2.75) is 25.8 Å². The van der Waals surface area contributed by atoms with E-state index in [1.54, 1.807) is 6.92 Å². The predicted molar refractivity (Wildman–Crippen MR) is 71.9 cm³/mol. The monoisotopic (exact) mass is 286 g/mol. The Morgan fingerprint density at radius 2 is 1.95 bits per heavy atom. The van der Waals surface area contributed by atoms with E-state index in [-0.39, 0.29) is 13.0 Å². The van der Waals surface area contributed by atoms with Crippen molar-refractivity contribution in [3.05, 3.63) is 35.9 Å². The van der Waals surface area contributed by atoms with Gasteiger partial charge in [-0.3, -0.25) is 4.79 Å². The minimum atomic E-state index is -3.76. The summed E-state index contributed by atoms with van der Waals surface area (Å²) in [5, 5.41) is 9.03. The Hall–Kier alpha value is -1.44. The lowest BCUT2D eigenvalue weighted by Gasteiger charge is -2.14. The van der Waals surface area contributed by atoms with E-state index in [0.717, 1.165) is 5.56 Å². The lowest BCUT2D eigenvalue weighted by molar-refractivity contribution is -0.139. The molecule has 1 aromatic rings. The third kappa shape index (κ3) is 5.82. The Labute approximate surface area is 113 Å². The van der Waals surface area contributed by atoms with Crippen molar-refractivity contribution in [3.8, 4) is 0 Å². The van der Waals surface area contributed by atoms with Crippen molar-refractivity contribution in [2.24, 2.45) is 0 Å². The zero-order chi connectivity index (χ0) is 14.3. The molecule has 1 rings (SSSR count). The van der Waals surface area contributed by atoms with Gasteiger partial charge in [-0.15, -0.1) is 0 Å². The molecule has 0 unspecified atom stereocenters. The number of carboxylic acid groups (broad SMARTS) is 1. The van der Waals surface area contributed by atoms with Gasteiger partial charge in [0.2, 0.25) is 0 Å². The number of aryl methyl sites for hydroxylation is 1. The SMILES string of the molecule is CCNS(=O)(=O)N[C@@H](CCc1ccccc1)C(=O)O. The quantitative estimate of drug-likeness (QED) is 0.649. The fourth-order valence-corrected chi connectivity index (χ4v) is 2.66. The van der Waals surface area contributed by atoms with Gasteiger partial charge in [0.15, 0.2) is 0 Å². The van der Waals surface area contributed by atoms with Crippen molar-refractivity contribution in [3.63, 3.8) is 0 Å². The van der Waals surface area contributed by atoms with E-state index in [9.17, 15) is 13.2 Å². The summed E-state index contributed by atoms with van der Waals surface area (Å²) in [5.74, 6) is -1.18. The zero-order valence-electron chi connectivity index (χ0n) is 10.7. The van der Waals surface area contributed by atoms with Gasteiger partial charge in [-0.2, -0.15) is 13.1 Å². The highest BCUT2D eigenvalue weighted by Crippen LogP contribution is 2.06. The molecule has 1 atom stereocenters. The predicted octanol–water partition coefficient (Wildman–Crippen LogP) is 0.516. The van der Waals surface area contributed by atoms with E-state index in [1.165, 1.54) is 0 Å². The highest BCUT2D eigenvalue weighted by Gasteiger charge is 2.22. The maximum absolute atomic E-state index is 11.5. The van der Waals surface area contributed by atoms with Crippen molar-refractivity contribution in [2.75, 3.05) is 6.54 Å². The summed E-state index contributed by atoms with van der Waals surface area (Å²) < 4.78 is 27.3. The molecule has 0 aliphatic rings. The Kier molecular flexibility index (Phi) is 5.94. The maximum atomic E-state index is 11.5. The first-order valence-corrected chi connectivity index (χ1v) is 7.46. The highest BCUT2D eigenvalue weighted by atomic mass is 32.2. The average Bonchev–Trinajstić information content (AvgIpc) is 2.35. The molecule has 0 bridgehead atoms. The molecule has 3 N–H and O–H groups in total. The fraction of sp³-hybridized carbons (Fsp3) is 0.417.